The van der Waals surface area contributed by atoms with Crippen LogP contribution in [0.4, 0.5) is 5.13 Å². The summed E-state index contributed by atoms with van der Waals surface area (Å²) in [5.74, 6) is 0. The Morgan fingerprint density at radius 3 is 2.53 bits per heavy atom. The molecule has 0 unspecified atom stereocenters. The topological polar surface area (TPSA) is 37.8 Å². The lowest BCUT2D eigenvalue weighted by atomic mass is 10.1. The molecule has 0 atom stereocenters. The summed E-state index contributed by atoms with van der Waals surface area (Å²) in [5, 5.41) is 12.2. The lowest BCUT2D eigenvalue weighted by Gasteiger charge is -2.08. The van der Waals surface area contributed by atoms with Crippen LogP contribution in [0, 0.1) is 0 Å². The van der Waals surface area contributed by atoms with Gasteiger partial charge in [0.25, 0.3) is 0 Å². The van der Waals surface area contributed by atoms with Crippen molar-refractivity contribution in [2.45, 2.75) is 18.9 Å². The average Bonchev–Trinajstić information content (AvgIpc) is 2.86. The zero-order chi connectivity index (χ0) is 10.1. The summed E-state index contributed by atoms with van der Waals surface area (Å²) < 4.78 is 0. The number of nitrogens with zero attached hydrogens (tertiary/aromatic N) is 2. The average molecular weight is 217 g/mol. The van der Waals surface area contributed by atoms with Crippen LogP contribution in [-0.4, -0.2) is 16.2 Å². The molecule has 1 heterocycles. The third-order valence-corrected chi connectivity index (χ3v) is 3.36. The van der Waals surface area contributed by atoms with Crippen LogP contribution in [0.2, 0.25) is 0 Å². The molecule has 15 heavy (non-hydrogen) atoms. The smallest absolute Gasteiger partial charge is 0.205 e. The molecule has 1 aliphatic rings. The first-order chi connectivity index (χ1) is 7.42. The third kappa shape index (κ3) is 1.72. The molecule has 0 spiro atoms. The van der Waals surface area contributed by atoms with Gasteiger partial charge in [0.15, 0.2) is 0 Å². The normalized spacial score (nSPS) is 15.2. The maximum atomic E-state index is 4.00. The lowest BCUT2D eigenvalue weighted by molar-refractivity contribution is 0.770. The molecule has 1 N–H and O–H groups in total. The van der Waals surface area contributed by atoms with Crippen molar-refractivity contribution in [2.75, 3.05) is 5.32 Å². The first-order valence-corrected chi connectivity index (χ1v) is 5.89. The molecule has 1 aromatic heterocycles. The highest BCUT2D eigenvalue weighted by Crippen LogP contribution is 2.24. The van der Waals surface area contributed by atoms with Gasteiger partial charge < -0.3 is 5.32 Å². The monoisotopic (exact) mass is 217 g/mol. The summed E-state index contributed by atoms with van der Waals surface area (Å²) >= 11 is 1.56. The van der Waals surface area contributed by atoms with Crippen LogP contribution < -0.4 is 5.32 Å². The van der Waals surface area contributed by atoms with Gasteiger partial charge in [-0.25, -0.2) is 0 Å². The van der Waals surface area contributed by atoms with Gasteiger partial charge in [-0.2, -0.15) is 0 Å². The zero-order valence-corrected chi connectivity index (χ0v) is 9.00. The largest absolute Gasteiger partial charge is 0.357 e. The highest BCUT2D eigenvalue weighted by atomic mass is 32.1. The van der Waals surface area contributed by atoms with Crippen molar-refractivity contribution in [2.24, 2.45) is 0 Å². The predicted octanol–water partition coefficient (Wildman–Crippen LogP) is 2.12. The Kier molecular flexibility index (Phi) is 2.14. The molecule has 0 radical (unpaired) electrons. The summed E-state index contributed by atoms with van der Waals surface area (Å²) in [4.78, 5) is 0. The SMILES string of the molecule is c1ccc2c(c1)CC(Nc1nncs1)C2. The third-order valence-electron chi connectivity index (χ3n) is 2.74. The van der Waals surface area contributed by atoms with Crippen molar-refractivity contribution in [3.8, 4) is 0 Å². The van der Waals surface area contributed by atoms with Crippen molar-refractivity contribution in [1.82, 2.24) is 10.2 Å². The van der Waals surface area contributed by atoms with Gasteiger partial charge in [-0.05, 0) is 24.0 Å². The van der Waals surface area contributed by atoms with Crippen molar-refractivity contribution in [3.05, 3.63) is 40.9 Å². The number of hydrogen-bond acceptors (Lipinski definition) is 4. The Morgan fingerprint density at radius 1 is 1.20 bits per heavy atom. The lowest BCUT2D eigenvalue weighted by Crippen LogP contribution is -2.19. The quantitative estimate of drug-likeness (QED) is 0.837. The second-order valence-electron chi connectivity index (χ2n) is 3.76. The Morgan fingerprint density at radius 2 is 1.93 bits per heavy atom. The van der Waals surface area contributed by atoms with E-state index in [4.69, 9.17) is 0 Å². The van der Waals surface area contributed by atoms with E-state index in [-0.39, 0.29) is 0 Å². The van der Waals surface area contributed by atoms with Crippen molar-refractivity contribution in [1.29, 1.82) is 0 Å². The van der Waals surface area contributed by atoms with E-state index in [0.29, 0.717) is 6.04 Å². The zero-order valence-electron chi connectivity index (χ0n) is 8.18. The fourth-order valence-corrected chi connectivity index (χ4v) is 2.59. The molecular formula is C11H11N3S. The molecule has 3 rings (SSSR count). The van der Waals surface area contributed by atoms with Gasteiger partial charge in [-0.15, -0.1) is 10.2 Å². The van der Waals surface area contributed by atoms with E-state index in [1.54, 1.807) is 16.8 Å². The number of hydrogen-bond donors (Lipinski definition) is 1. The first-order valence-electron chi connectivity index (χ1n) is 5.01. The van der Waals surface area contributed by atoms with E-state index >= 15 is 0 Å². The highest BCUT2D eigenvalue weighted by molar-refractivity contribution is 7.13. The van der Waals surface area contributed by atoms with Crippen molar-refractivity contribution < 1.29 is 0 Å². The molecule has 2 aromatic rings. The van der Waals surface area contributed by atoms with Crippen LogP contribution in [0.3, 0.4) is 0 Å². The van der Waals surface area contributed by atoms with Gasteiger partial charge in [-0.3, -0.25) is 0 Å². The molecule has 0 saturated carbocycles. The maximum absolute atomic E-state index is 4.00. The summed E-state index contributed by atoms with van der Waals surface area (Å²) in [6, 6.07) is 9.10. The molecule has 0 bridgehead atoms. The van der Waals surface area contributed by atoms with Crippen LogP contribution >= 0.6 is 11.3 Å². The number of rotatable bonds is 2. The predicted molar refractivity (Wildman–Crippen MR) is 61.2 cm³/mol. The van der Waals surface area contributed by atoms with Gasteiger partial charge in [0.05, 0.1) is 0 Å². The molecule has 3 nitrogen and oxygen atoms in total. The molecule has 1 aromatic carbocycles. The molecule has 0 amide bonds. The first kappa shape index (κ1) is 8.85. The van der Waals surface area contributed by atoms with E-state index in [1.807, 2.05) is 0 Å². The Bertz CT molecular complexity index is 425. The van der Waals surface area contributed by atoms with Crippen LogP contribution in [0.5, 0.6) is 0 Å². The van der Waals surface area contributed by atoms with Crippen LogP contribution in [0.15, 0.2) is 29.8 Å². The van der Waals surface area contributed by atoms with Gasteiger partial charge in [0.2, 0.25) is 5.13 Å². The molecule has 0 fully saturated rings. The van der Waals surface area contributed by atoms with Gasteiger partial charge in [0.1, 0.15) is 5.51 Å². The van der Waals surface area contributed by atoms with Crippen LogP contribution in [0.1, 0.15) is 11.1 Å². The van der Waals surface area contributed by atoms with E-state index < -0.39 is 0 Å². The number of anilines is 1. The fraction of sp³-hybridized carbons (Fsp3) is 0.273. The molecule has 0 saturated heterocycles. The number of benzene rings is 1. The van der Waals surface area contributed by atoms with E-state index in [0.717, 1.165) is 18.0 Å². The van der Waals surface area contributed by atoms with Crippen molar-refractivity contribution in [3.63, 3.8) is 0 Å². The number of nitrogens with one attached hydrogen (secondary N) is 1. The van der Waals surface area contributed by atoms with Crippen LogP contribution in [-0.2, 0) is 12.8 Å². The number of fused-ring (bicyclic) bond motifs is 1. The van der Waals surface area contributed by atoms with Gasteiger partial charge in [-0.1, -0.05) is 35.6 Å². The Balaban J connectivity index is 1.74. The second kappa shape index (κ2) is 3.62. The minimum absolute atomic E-state index is 0.482. The Labute approximate surface area is 92.2 Å². The molecule has 1 aliphatic carbocycles. The second-order valence-corrected chi connectivity index (χ2v) is 4.60. The van der Waals surface area contributed by atoms with Crippen molar-refractivity contribution >= 4 is 16.5 Å². The number of aromatic nitrogens is 2. The highest BCUT2D eigenvalue weighted by Gasteiger charge is 2.21. The van der Waals surface area contributed by atoms with E-state index in [1.165, 1.54) is 11.1 Å². The van der Waals surface area contributed by atoms with Gasteiger partial charge in [0, 0.05) is 6.04 Å². The molecule has 0 aliphatic heterocycles. The van der Waals surface area contributed by atoms with E-state index in [2.05, 4.69) is 39.8 Å². The maximum Gasteiger partial charge on any atom is 0.205 e. The molecule has 4 heteroatoms. The summed E-state index contributed by atoms with van der Waals surface area (Å²) in [5.41, 5.74) is 4.67. The molecular weight excluding hydrogens is 206 g/mol. The Hall–Kier alpha value is -1.42. The minimum atomic E-state index is 0.482. The summed E-state index contributed by atoms with van der Waals surface area (Å²) in [6.07, 6.45) is 2.19. The summed E-state index contributed by atoms with van der Waals surface area (Å²) in [6.45, 7) is 0. The van der Waals surface area contributed by atoms with Crippen LogP contribution in [0.25, 0.3) is 0 Å². The summed E-state index contributed by atoms with van der Waals surface area (Å²) in [7, 11) is 0. The van der Waals surface area contributed by atoms with Gasteiger partial charge >= 0.3 is 0 Å². The molecule has 76 valence electrons. The fourth-order valence-electron chi connectivity index (χ4n) is 2.07. The van der Waals surface area contributed by atoms with E-state index in [9.17, 15) is 0 Å². The standard InChI is InChI=1S/C11H11N3S/c1-2-4-9-6-10(5-8(9)3-1)13-11-14-12-7-15-11/h1-4,7,10H,5-6H2,(H,13,14). The minimum Gasteiger partial charge on any atom is -0.357 e.